The van der Waals surface area contributed by atoms with Crippen molar-refractivity contribution in [3.05, 3.63) is 0 Å². The van der Waals surface area contributed by atoms with Crippen LogP contribution in [-0.4, -0.2) is 50.3 Å². The highest BCUT2D eigenvalue weighted by Gasteiger charge is 2.50. The highest BCUT2D eigenvalue weighted by molar-refractivity contribution is 5.76. The van der Waals surface area contributed by atoms with Crippen LogP contribution < -0.4 is 5.11 Å². The lowest BCUT2D eigenvalue weighted by atomic mass is 9.85. The molecule has 122 valence electrons. The van der Waals surface area contributed by atoms with Gasteiger partial charge in [0.05, 0.1) is 7.11 Å². The number of alkyl halides is 2. The largest absolute Gasteiger partial charge is 0.544 e. The van der Waals surface area contributed by atoms with E-state index in [0.29, 0.717) is 0 Å². The Labute approximate surface area is 120 Å². The number of carbonyl (C=O) groups is 3. The molecule has 0 aromatic rings. The summed E-state index contributed by atoms with van der Waals surface area (Å²) < 4.78 is 40.3. The zero-order valence-corrected chi connectivity index (χ0v) is 12.1. The molecule has 0 saturated heterocycles. The Bertz CT molecular complexity index is 401. The van der Waals surface area contributed by atoms with E-state index in [1.165, 1.54) is 20.8 Å². The standard InChI is InChI=1S/C12H18F2O7/c1-11(2,3)9(12(13,14)10(17)18)21-8(16)6-20-5-7(15)19-4/h9H,5-6H2,1-4H3,(H,17,18)/p-1. The van der Waals surface area contributed by atoms with Crippen molar-refractivity contribution >= 4 is 17.9 Å². The minimum absolute atomic E-state index is 0.567. The summed E-state index contributed by atoms with van der Waals surface area (Å²) in [5.74, 6) is -9.02. The third kappa shape index (κ3) is 6.03. The molecular weight excluding hydrogens is 294 g/mol. The van der Waals surface area contributed by atoms with Gasteiger partial charge in [0.1, 0.15) is 19.2 Å². The smallest absolute Gasteiger partial charge is 0.332 e. The van der Waals surface area contributed by atoms with E-state index in [0.717, 1.165) is 7.11 Å². The van der Waals surface area contributed by atoms with Gasteiger partial charge in [-0.15, -0.1) is 0 Å². The van der Waals surface area contributed by atoms with Crippen LogP contribution in [0.25, 0.3) is 0 Å². The maximum absolute atomic E-state index is 13.5. The molecule has 1 unspecified atom stereocenters. The number of rotatable bonds is 7. The van der Waals surface area contributed by atoms with Crippen molar-refractivity contribution in [2.45, 2.75) is 32.8 Å². The number of hydrogen-bond donors (Lipinski definition) is 0. The first-order valence-electron chi connectivity index (χ1n) is 5.86. The molecule has 0 aromatic carbocycles. The molecule has 0 aliphatic rings. The molecule has 0 radical (unpaired) electrons. The molecule has 0 aliphatic carbocycles. The van der Waals surface area contributed by atoms with Crippen molar-refractivity contribution in [1.82, 2.24) is 0 Å². The average Bonchev–Trinajstić information content (AvgIpc) is 2.33. The zero-order valence-electron chi connectivity index (χ0n) is 12.1. The molecule has 0 saturated carbocycles. The monoisotopic (exact) mass is 311 g/mol. The van der Waals surface area contributed by atoms with Crippen molar-refractivity contribution < 1.29 is 42.5 Å². The summed E-state index contributed by atoms with van der Waals surface area (Å²) >= 11 is 0. The Kier molecular flexibility index (Phi) is 6.68. The lowest BCUT2D eigenvalue weighted by Gasteiger charge is -2.36. The first-order chi connectivity index (χ1) is 9.42. The Morgan fingerprint density at radius 2 is 1.57 bits per heavy atom. The number of aliphatic carboxylic acids is 1. The molecule has 1 atom stereocenters. The van der Waals surface area contributed by atoms with E-state index in [1.54, 1.807) is 0 Å². The second kappa shape index (κ2) is 7.30. The maximum atomic E-state index is 13.5. The van der Waals surface area contributed by atoms with Crippen LogP contribution in [0, 0.1) is 5.41 Å². The van der Waals surface area contributed by atoms with Gasteiger partial charge < -0.3 is 24.1 Å². The lowest BCUT2D eigenvalue weighted by molar-refractivity contribution is -0.339. The van der Waals surface area contributed by atoms with Crippen LogP contribution in [0.2, 0.25) is 0 Å². The molecule has 0 fully saturated rings. The minimum Gasteiger partial charge on any atom is -0.544 e. The Morgan fingerprint density at radius 1 is 1.10 bits per heavy atom. The normalized spacial score (nSPS) is 13.4. The molecule has 0 aromatic heterocycles. The fourth-order valence-corrected chi connectivity index (χ4v) is 1.34. The van der Waals surface area contributed by atoms with Gasteiger partial charge >= 0.3 is 17.9 Å². The lowest BCUT2D eigenvalue weighted by Crippen LogP contribution is -2.56. The number of carbonyl (C=O) groups excluding carboxylic acids is 3. The first kappa shape index (κ1) is 19.2. The van der Waals surface area contributed by atoms with E-state index in [4.69, 9.17) is 0 Å². The second-order valence-electron chi connectivity index (χ2n) is 5.22. The van der Waals surface area contributed by atoms with Crippen molar-refractivity contribution in [2.24, 2.45) is 5.41 Å². The minimum atomic E-state index is -4.36. The van der Waals surface area contributed by atoms with Crippen molar-refractivity contribution in [2.75, 3.05) is 20.3 Å². The van der Waals surface area contributed by atoms with Crippen molar-refractivity contribution in [3.63, 3.8) is 0 Å². The highest BCUT2D eigenvalue weighted by Crippen LogP contribution is 2.34. The molecule has 0 N–H and O–H groups in total. The van der Waals surface area contributed by atoms with Crippen LogP contribution in [0.3, 0.4) is 0 Å². The van der Waals surface area contributed by atoms with Crippen LogP contribution in [0.4, 0.5) is 8.78 Å². The van der Waals surface area contributed by atoms with Crippen LogP contribution in [0.5, 0.6) is 0 Å². The molecule has 0 spiro atoms. The number of hydrogen-bond acceptors (Lipinski definition) is 7. The van der Waals surface area contributed by atoms with E-state index in [9.17, 15) is 28.3 Å². The Hall–Kier alpha value is -1.77. The summed E-state index contributed by atoms with van der Waals surface area (Å²) in [5.41, 5.74) is -1.36. The van der Waals surface area contributed by atoms with Crippen molar-refractivity contribution in [3.8, 4) is 0 Å². The molecule has 0 heterocycles. The predicted octanol–water partition coefficient (Wildman–Crippen LogP) is -0.481. The molecular formula is C12H17F2O7-. The number of carboxylic acids is 1. The van der Waals surface area contributed by atoms with Crippen LogP contribution in [0.1, 0.15) is 20.8 Å². The number of halogens is 2. The van der Waals surface area contributed by atoms with E-state index in [1.807, 2.05) is 0 Å². The summed E-state index contributed by atoms with van der Waals surface area (Å²) in [4.78, 5) is 32.6. The van der Waals surface area contributed by atoms with E-state index in [-0.39, 0.29) is 0 Å². The van der Waals surface area contributed by atoms with Gasteiger partial charge in [0.25, 0.3) is 0 Å². The summed E-state index contributed by atoms with van der Waals surface area (Å²) in [6.45, 7) is 2.46. The third-order valence-corrected chi connectivity index (χ3v) is 2.30. The number of carboxylic acid groups (broad SMARTS) is 1. The van der Waals surface area contributed by atoms with Gasteiger partial charge in [-0.1, -0.05) is 20.8 Å². The number of ether oxygens (including phenoxy) is 3. The summed E-state index contributed by atoms with van der Waals surface area (Å²) in [6.07, 6.45) is -2.25. The maximum Gasteiger partial charge on any atom is 0.332 e. The van der Waals surface area contributed by atoms with Gasteiger partial charge in [0, 0.05) is 5.41 Å². The Balaban J connectivity index is 4.74. The molecule has 0 aliphatic heterocycles. The van der Waals surface area contributed by atoms with Crippen LogP contribution >= 0.6 is 0 Å². The fraction of sp³-hybridized carbons (Fsp3) is 0.750. The molecule has 0 bridgehead atoms. The summed E-state index contributed by atoms with van der Waals surface area (Å²) in [5, 5.41) is 10.5. The number of methoxy groups -OCH3 is 1. The molecule has 0 amide bonds. The van der Waals surface area contributed by atoms with E-state index in [2.05, 4.69) is 14.2 Å². The zero-order chi connectivity index (χ0) is 16.8. The van der Waals surface area contributed by atoms with Gasteiger partial charge in [-0.25, -0.2) is 9.59 Å². The topological polar surface area (TPSA) is 102 Å². The first-order valence-corrected chi connectivity index (χ1v) is 5.86. The summed E-state index contributed by atoms with van der Waals surface area (Å²) in [6, 6.07) is 0. The molecule has 7 nitrogen and oxygen atoms in total. The fourth-order valence-electron chi connectivity index (χ4n) is 1.34. The van der Waals surface area contributed by atoms with Gasteiger partial charge in [-0.05, 0) is 0 Å². The summed E-state index contributed by atoms with van der Waals surface area (Å²) in [7, 11) is 1.10. The third-order valence-electron chi connectivity index (χ3n) is 2.30. The highest BCUT2D eigenvalue weighted by atomic mass is 19.3. The number of esters is 2. The van der Waals surface area contributed by atoms with Gasteiger partial charge in [0.15, 0.2) is 6.10 Å². The molecule has 0 rings (SSSR count). The molecule has 21 heavy (non-hydrogen) atoms. The van der Waals surface area contributed by atoms with Gasteiger partial charge in [0.2, 0.25) is 0 Å². The van der Waals surface area contributed by atoms with Crippen molar-refractivity contribution in [1.29, 1.82) is 0 Å². The van der Waals surface area contributed by atoms with Gasteiger partial charge in [-0.3, -0.25) is 0 Å². The quantitative estimate of drug-likeness (QED) is 0.585. The van der Waals surface area contributed by atoms with Crippen LogP contribution in [0.15, 0.2) is 0 Å². The second-order valence-corrected chi connectivity index (χ2v) is 5.22. The predicted molar refractivity (Wildman–Crippen MR) is 62.1 cm³/mol. The van der Waals surface area contributed by atoms with E-state index >= 15 is 0 Å². The SMILES string of the molecule is COC(=O)COCC(=O)OC(C(C)(C)C)C(F)(F)C(=O)[O-]. The van der Waals surface area contributed by atoms with E-state index < -0.39 is 48.6 Å². The van der Waals surface area contributed by atoms with Crippen LogP contribution in [-0.2, 0) is 28.6 Å². The molecule has 9 heteroatoms. The van der Waals surface area contributed by atoms with Gasteiger partial charge in [-0.2, -0.15) is 8.78 Å². The average molecular weight is 311 g/mol. The Morgan fingerprint density at radius 3 is 1.95 bits per heavy atom.